The number of nitrogens with zero attached hydrogens (tertiary/aromatic N) is 1. The molecule has 2 aromatic rings. The fourth-order valence-electron chi connectivity index (χ4n) is 2.00. The highest BCUT2D eigenvalue weighted by Crippen LogP contribution is 2.19. The lowest BCUT2D eigenvalue weighted by Crippen LogP contribution is -2.31. The Morgan fingerprint density at radius 2 is 1.68 bits per heavy atom. The van der Waals surface area contributed by atoms with E-state index in [1.54, 1.807) is 30.3 Å². The Morgan fingerprint density at radius 3 is 2.27 bits per heavy atom. The zero-order valence-corrected chi connectivity index (χ0v) is 13.2. The van der Waals surface area contributed by atoms with Gasteiger partial charge in [-0.15, -0.1) is 0 Å². The van der Waals surface area contributed by atoms with E-state index in [0.717, 1.165) is 11.1 Å². The second-order valence-corrected chi connectivity index (χ2v) is 6.63. The molecule has 0 unspecified atom stereocenters. The molecule has 0 aliphatic carbocycles. The van der Waals surface area contributed by atoms with E-state index in [1.807, 2.05) is 37.3 Å². The number of hydrogen-bond acceptors (Lipinski definition) is 3. The van der Waals surface area contributed by atoms with E-state index in [4.69, 9.17) is 5.11 Å². The average molecular weight is 317 g/mol. The van der Waals surface area contributed by atoms with E-state index in [0.29, 0.717) is 5.69 Å². The maximum absolute atomic E-state index is 12.5. The molecule has 0 bridgehead atoms. The zero-order valence-electron chi connectivity index (χ0n) is 12.4. The van der Waals surface area contributed by atoms with Crippen LogP contribution in [-0.4, -0.2) is 26.7 Å². The number of para-hydroxylation sites is 1. The van der Waals surface area contributed by atoms with Gasteiger partial charge in [0.2, 0.25) is 0 Å². The number of rotatable bonds is 6. The van der Waals surface area contributed by atoms with Gasteiger partial charge in [0, 0.05) is 0 Å². The summed E-state index contributed by atoms with van der Waals surface area (Å²) < 4.78 is 26.2. The maximum Gasteiger partial charge on any atom is 0.257 e. The number of sulfonamides is 1. The van der Waals surface area contributed by atoms with Gasteiger partial charge in [0.1, 0.15) is 0 Å². The lowest BCUT2D eigenvalue weighted by atomic mass is 10.2. The van der Waals surface area contributed by atoms with Gasteiger partial charge in [0.15, 0.2) is 0 Å². The molecule has 4 nitrogen and oxygen atoms in total. The molecule has 116 valence electrons. The molecule has 0 aliphatic rings. The van der Waals surface area contributed by atoms with Gasteiger partial charge in [-0.05, 0) is 30.7 Å². The number of benzene rings is 2. The van der Waals surface area contributed by atoms with Gasteiger partial charge in [-0.25, -0.2) is 8.42 Å². The molecule has 22 heavy (non-hydrogen) atoms. The van der Waals surface area contributed by atoms with Gasteiger partial charge in [0.05, 0.1) is 24.2 Å². The normalized spacial score (nSPS) is 11.7. The SMILES string of the molecule is Cc1ccc(C=CS(=O)(=O)N(CCO)c2ccccc2)cc1. The topological polar surface area (TPSA) is 57.6 Å². The van der Waals surface area contributed by atoms with Crippen LogP contribution in [0.15, 0.2) is 60.0 Å². The smallest absolute Gasteiger partial charge is 0.257 e. The molecule has 0 spiro atoms. The third-order valence-corrected chi connectivity index (χ3v) is 4.65. The molecule has 0 atom stereocenters. The van der Waals surface area contributed by atoms with Crippen molar-refractivity contribution in [2.24, 2.45) is 0 Å². The van der Waals surface area contributed by atoms with Crippen LogP contribution in [0, 0.1) is 6.92 Å². The largest absolute Gasteiger partial charge is 0.394 e. The minimum atomic E-state index is -3.65. The lowest BCUT2D eigenvalue weighted by molar-refractivity contribution is 0.307. The Balaban J connectivity index is 2.28. The Bertz CT molecular complexity index is 722. The molecule has 0 amide bonds. The fraction of sp³-hybridized carbons (Fsp3) is 0.176. The van der Waals surface area contributed by atoms with Crippen LogP contribution in [0.4, 0.5) is 5.69 Å². The quantitative estimate of drug-likeness (QED) is 0.891. The summed E-state index contributed by atoms with van der Waals surface area (Å²) in [5.41, 5.74) is 2.46. The van der Waals surface area contributed by atoms with E-state index >= 15 is 0 Å². The van der Waals surface area contributed by atoms with E-state index < -0.39 is 10.0 Å². The summed E-state index contributed by atoms with van der Waals surface area (Å²) in [6.45, 7) is 1.75. The molecule has 0 aliphatic heterocycles. The first kappa shape index (κ1) is 16.3. The summed E-state index contributed by atoms with van der Waals surface area (Å²) in [5, 5.41) is 10.3. The minimum absolute atomic E-state index is 0.0184. The first-order valence-corrected chi connectivity index (χ1v) is 8.46. The summed E-state index contributed by atoms with van der Waals surface area (Å²) in [7, 11) is -3.65. The molecule has 2 rings (SSSR count). The minimum Gasteiger partial charge on any atom is -0.394 e. The summed E-state index contributed by atoms with van der Waals surface area (Å²) in [5.74, 6) is 0. The second kappa shape index (κ2) is 7.24. The van der Waals surface area contributed by atoms with E-state index in [1.165, 1.54) is 9.71 Å². The fourth-order valence-corrected chi connectivity index (χ4v) is 3.23. The van der Waals surface area contributed by atoms with Crippen LogP contribution in [0.3, 0.4) is 0 Å². The first-order chi connectivity index (χ1) is 10.5. The van der Waals surface area contributed by atoms with Gasteiger partial charge < -0.3 is 5.11 Å². The standard InChI is InChI=1S/C17H19NO3S/c1-15-7-9-16(10-8-15)11-14-22(20,21)18(12-13-19)17-5-3-2-4-6-17/h2-11,14,19H,12-13H2,1H3. The molecule has 1 N–H and O–H groups in total. The molecule has 0 saturated carbocycles. The lowest BCUT2D eigenvalue weighted by Gasteiger charge is -2.21. The molecule has 0 heterocycles. The Morgan fingerprint density at radius 1 is 1.05 bits per heavy atom. The van der Waals surface area contributed by atoms with Crippen LogP contribution in [-0.2, 0) is 10.0 Å². The Kier molecular flexibility index (Phi) is 5.35. The van der Waals surface area contributed by atoms with E-state index in [9.17, 15) is 8.42 Å². The predicted octanol–water partition coefficient (Wildman–Crippen LogP) is 2.79. The van der Waals surface area contributed by atoms with Crippen molar-refractivity contribution in [3.05, 3.63) is 71.1 Å². The van der Waals surface area contributed by atoms with Gasteiger partial charge in [-0.1, -0.05) is 48.0 Å². The molecule has 0 saturated heterocycles. The van der Waals surface area contributed by atoms with Gasteiger partial charge in [-0.2, -0.15) is 0 Å². The molecule has 0 aromatic heterocycles. The number of aliphatic hydroxyl groups is 1. The van der Waals surface area contributed by atoms with Gasteiger partial charge in [0.25, 0.3) is 10.0 Å². The van der Waals surface area contributed by atoms with E-state index in [-0.39, 0.29) is 13.2 Å². The summed E-state index contributed by atoms with van der Waals surface area (Å²) in [6, 6.07) is 16.3. The van der Waals surface area contributed by atoms with Crippen molar-refractivity contribution < 1.29 is 13.5 Å². The molecule has 0 fully saturated rings. The van der Waals surface area contributed by atoms with Crippen LogP contribution < -0.4 is 4.31 Å². The van der Waals surface area contributed by atoms with Crippen molar-refractivity contribution in [1.29, 1.82) is 0 Å². The van der Waals surface area contributed by atoms with Crippen LogP contribution in [0.25, 0.3) is 6.08 Å². The van der Waals surface area contributed by atoms with Crippen molar-refractivity contribution in [2.45, 2.75) is 6.92 Å². The molecule has 2 aromatic carbocycles. The molecular weight excluding hydrogens is 298 g/mol. The van der Waals surface area contributed by atoms with Crippen molar-refractivity contribution in [3.63, 3.8) is 0 Å². The molecule has 5 heteroatoms. The highest BCUT2D eigenvalue weighted by atomic mass is 32.2. The number of anilines is 1. The van der Waals surface area contributed by atoms with Gasteiger partial charge >= 0.3 is 0 Å². The third kappa shape index (κ3) is 4.19. The van der Waals surface area contributed by atoms with Crippen LogP contribution in [0.2, 0.25) is 0 Å². The summed E-state index contributed by atoms with van der Waals surface area (Å²) in [4.78, 5) is 0. The first-order valence-electron chi connectivity index (χ1n) is 6.96. The highest BCUT2D eigenvalue weighted by molar-refractivity contribution is 7.95. The van der Waals surface area contributed by atoms with Crippen molar-refractivity contribution in [3.8, 4) is 0 Å². The number of aliphatic hydroxyl groups excluding tert-OH is 1. The van der Waals surface area contributed by atoms with Crippen molar-refractivity contribution in [1.82, 2.24) is 0 Å². The van der Waals surface area contributed by atoms with Gasteiger partial charge in [-0.3, -0.25) is 4.31 Å². The number of hydrogen-bond donors (Lipinski definition) is 1. The highest BCUT2D eigenvalue weighted by Gasteiger charge is 2.18. The maximum atomic E-state index is 12.5. The second-order valence-electron chi connectivity index (χ2n) is 4.89. The third-order valence-electron chi connectivity index (χ3n) is 3.16. The summed E-state index contributed by atoms with van der Waals surface area (Å²) in [6.07, 6.45) is 1.56. The molecular formula is C17H19NO3S. The van der Waals surface area contributed by atoms with Crippen LogP contribution >= 0.6 is 0 Å². The van der Waals surface area contributed by atoms with E-state index in [2.05, 4.69) is 0 Å². The summed E-state index contributed by atoms with van der Waals surface area (Å²) >= 11 is 0. The van der Waals surface area contributed by atoms with Crippen LogP contribution in [0.5, 0.6) is 0 Å². The monoisotopic (exact) mass is 317 g/mol. The average Bonchev–Trinajstić information content (AvgIpc) is 2.53. The predicted molar refractivity (Wildman–Crippen MR) is 90.0 cm³/mol. The Hall–Kier alpha value is -2.11. The van der Waals surface area contributed by atoms with Crippen LogP contribution in [0.1, 0.15) is 11.1 Å². The zero-order chi connectivity index (χ0) is 16.0. The van der Waals surface area contributed by atoms with Crippen molar-refractivity contribution in [2.75, 3.05) is 17.5 Å². The number of aryl methyl sites for hydroxylation is 1. The molecule has 0 radical (unpaired) electrons. The Labute approximate surface area is 131 Å². The van der Waals surface area contributed by atoms with Crippen molar-refractivity contribution >= 4 is 21.8 Å².